The normalized spacial score (nSPS) is 18.3. The van der Waals surface area contributed by atoms with E-state index in [2.05, 4.69) is 5.32 Å². The molecule has 1 aliphatic carbocycles. The third kappa shape index (κ3) is 3.04. The summed E-state index contributed by atoms with van der Waals surface area (Å²) in [4.78, 5) is 40.7. The van der Waals surface area contributed by atoms with Crippen LogP contribution < -0.4 is 16.6 Å². The number of halogens is 3. The van der Waals surface area contributed by atoms with Crippen molar-refractivity contribution in [3.05, 3.63) is 31.3 Å². The second kappa shape index (κ2) is 7.12. The summed E-state index contributed by atoms with van der Waals surface area (Å²) in [7, 11) is 1.42. The van der Waals surface area contributed by atoms with E-state index in [-0.39, 0.29) is 44.0 Å². The van der Waals surface area contributed by atoms with Gasteiger partial charge in [-0.25, -0.2) is 14.2 Å². The van der Waals surface area contributed by atoms with E-state index in [1.165, 1.54) is 11.7 Å². The predicted octanol–water partition coefficient (Wildman–Crippen LogP) is 1.76. The zero-order valence-electron chi connectivity index (χ0n) is 16.5. The Morgan fingerprint density at radius 2 is 1.93 bits per heavy atom. The highest BCUT2D eigenvalue weighted by Crippen LogP contribution is 2.54. The molecule has 4 rings (SSSR count). The van der Waals surface area contributed by atoms with Crippen LogP contribution in [0, 0.1) is 6.92 Å². The van der Waals surface area contributed by atoms with Crippen LogP contribution in [-0.2, 0) is 23.4 Å². The van der Waals surface area contributed by atoms with Gasteiger partial charge in [-0.15, -0.1) is 11.3 Å². The molecule has 2 aromatic rings. The van der Waals surface area contributed by atoms with Crippen molar-refractivity contribution >= 4 is 27.6 Å². The Balaban J connectivity index is 1.94. The molecule has 1 saturated carbocycles. The highest BCUT2D eigenvalue weighted by molar-refractivity contribution is 7.18. The smallest absolute Gasteiger partial charge is 0.383 e. The summed E-state index contributed by atoms with van der Waals surface area (Å²) in [5, 5.41) is 2.78. The number of carbonyl (C=O) groups excluding carboxylic acids is 1. The number of hydrogen-bond donors (Lipinski definition) is 1. The van der Waals surface area contributed by atoms with E-state index in [0.717, 1.165) is 11.3 Å². The molecule has 0 bridgehead atoms. The number of carbonyl (C=O) groups is 1. The van der Waals surface area contributed by atoms with E-state index < -0.39 is 23.0 Å². The van der Waals surface area contributed by atoms with Gasteiger partial charge >= 0.3 is 17.9 Å². The molecule has 1 aliphatic heterocycles. The van der Waals surface area contributed by atoms with Crippen LogP contribution in [0.1, 0.15) is 23.3 Å². The lowest BCUT2D eigenvalue weighted by molar-refractivity contribution is -0.181. The van der Waals surface area contributed by atoms with Crippen LogP contribution in [-0.4, -0.2) is 53.0 Å². The molecule has 0 spiro atoms. The van der Waals surface area contributed by atoms with E-state index in [4.69, 9.17) is 4.74 Å². The molecule has 2 aliphatic rings. The van der Waals surface area contributed by atoms with E-state index in [0.29, 0.717) is 32.9 Å². The van der Waals surface area contributed by atoms with E-state index in [1.54, 1.807) is 11.8 Å². The summed E-state index contributed by atoms with van der Waals surface area (Å²) >= 11 is 1.16. The summed E-state index contributed by atoms with van der Waals surface area (Å²) in [6.07, 6.45) is -5.31. The fourth-order valence-electron chi connectivity index (χ4n) is 3.89. The van der Waals surface area contributed by atoms with Gasteiger partial charge in [0.2, 0.25) is 0 Å². The van der Waals surface area contributed by atoms with Crippen molar-refractivity contribution in [2.75, 3.05) is 26.8 Å². The van der Waals surface area contributed by atoms with Crippen LogP contribution in [0.2, 0.25) is 0 Å². The standard InChI is InChI=1S/C18H21F3N4O4S/c1-10-11(9-23-6-5-22-15(23)27)30-14-12(10)13(26)25(16(28)24(14)7-8-29-2)17(3-4-17)18(19,20)21/h3-9H2,1-2H3,(H,22,27). The number of alkyl halides is 3. The van der Waals surface area contributed by atoms with Gasteiger partial charge in [0.05, 0.1) is 25.1 Å². The number of fused-ring (bicyclic) bond motifs is 1. The maximum absolute atomic E-state index is 13.8. The van der Waals surface area contributed by atoms with Gasteiger partial charge in [0.15, 0.2) is 0 Å². The fourth-order valence-corrected chi connectivity index (χ4v) is 5.22. The van der Waals surface area contributed by atoms with Gasteiger partial charge in [-0.05, 0) is 25.3 Å². The van der Waals surface area contributed by atoms with E-state index >= 15 is 0 Å². The first-order chi connectivity index (χ1) is 14.1. The molecule has 1 saturated heterocycles. The minimum absolute atomic E-state index is 0.0175. The second-order valence-corrected chi connectivity index (χ2v) is 8.66. The molecular formula is C18H21F3N4O4S. The topological polar surface area (TPSA) is 85.6 Å². The van der Waals surface area contributed by atoms with Gasteiger partial charge in [0.1, 0.15) is 10.4 Å². The lowest BCUT2D eigenvalue weighted by Gasteiger charge is -2.22. The quantitative estimate of drug-likeness (QED) is 0.733. The van der Waals surface area contributed by atoms with E-state index in [9.17, 15) is 27.6 Å². The molecule has 12 heteroatoms. The number of nitrogens with one attached hydrogen (secondary N) is 1. The highest BCUT2D eigenvalue weighted by Gasteiger charge is 2.66. The Bertz CT molecular complexity index is 1130. The summed E-state index contributed by atoms with van der Waals surface area (Å²) in [6, 6.07) is -0.241. The minimum atomic E-state index is -4.71. The van der Waals surface area contributed by atoms with Crippen molar-refractivity contribution in [2.24, 2.45) is 0 Å². The maximum Gasteiger partial charge on any atom is 0.412 e. The Morgan fingerprint density at radius 3 is 2.47 bits per heavy atom. The molecule has 1 N–H and O–H groups in total. The Hall–Kier alpha value is -2.34. The first kappa shape index (κ1) is 20.9. The average molecular weight is 446 g/mol. The third-order valence-electron chi connectivity index (χ3n) is 5.79. The van der Waals surface area contributed by atoms with Crippen LogP contribution in [0.25, 0.3) is 10.2 Å². The van der Waals surface area contributed by atoms with Crippen LogP contribution in [0.4, 0.5) is 18.0 Å². The van der Waals surface area contributed by atoms with Gasteiger partial charge in [-0.3, -0.25) is 9.36 Å². The number of rotatable bonds is 6. The van der Waals surface area contributed by atoms with Gasteiger partial charge in [0.25, 0.3) is 5.56 Å². The molecule has 30 heavy (non-hydrogen) atoms. The SMILES string of the molecule is COCCn1c(=O)n(C2(C(F)(F)F)CC2)c(=O)c2c(C)c(CN3CCNC3=O)sc21. The largest absolute Gasteiger partial charge is 0.412 e. The van der Waals surface area contributed by atoms with Gasteiger partial charge in [-0.2, -0.15) is 13.2 Å². The van der Waals surface area contributed by atoms with Crippen molar-refractivity contribution in [3.63, 3.8) is 0 Å². The molecule has 0 unspecified atom stereocenters. The number of urea groups is 1. The Labute approximate surface area is 172 Å². The Morgan fingerprint density at radius 1 is 1.23 bits per heavy atom. The number of ether oxygens (including phenoxy) is 1. The first-order valence-electron chi connectivity index (χ1n) is 9.49. The van der Waals surface area contributed by atoms with Crippen LogP contribution in [0.5, 0.6) is 0 Å². The van der Waals surface area contributed by atoms with Gasteiger partial charge in [-0.1, -0.05) is 0 Å². The second-order valence-electron chi connectivity index (χ2n) is 7.58. The monoisotopic (exact) mass is 446 g/mol. The zero-order chi connectivity index (χ0) is 21.8. The number of aromatic nitrogens is 2. The minimum Gasteiger partial charge on any atom is -0.383 e. The molecular weight excluding hydrogens is 425 g/mol. The summed E-state index contributed by atoms with van der Waals surface area (Å²) < 4.78 is 47.9. The average Bonchev–Trinajstić information content (AvgIpc) is 3.28. The number of amides is 2. The Kier molecular flexibility index (Phi) is 4.96. The molecule has 0 atom stereocenters. The number of aryl methyl sites for hydroxylation is 1. The van der Waals surface area contributed by atoms with Crippen molar-refractivity contribution in [1.29, 1.82) is 0 Å². The lowest BCUT2D eigenvalue weighted by atomic mass is 10.2. The summed E-state index contributed by atoms with van der Waals surface area (Å²) in [5.74, 6) is 0. The van der Waals surface area contributed by atoms with Crippen LogP contribution in [0.3, 0.4) is 0 Å². The number of hydrogen-bond acceptors (Lipinski definition) is 5. The number of methoxy groups -OCH3 is 1. The van der Waals surface area contributed by atoms with Gasteiger partial charge in [0, 0.05) is 25.1 Å². The molecule has 164 valence electrons. The van der Waals surface area contributed by atoms with Crippen LogP contribution in [0.15, 0.2) is 9.59 Å². The summed E-state index contributed by atoms with van der Waals surface area (Å²) in [6.45, 7) is 2.98. The van der Waals surface area contributed by atoms with Crippen molar-refractivity contribution in [2.45, 2.75) is 44.6 Å². The highest BCUT2D eigenvalue weighted by atomic mass is 32.1. The van der Waals surface area contributed by atoms with Crippen LogP contribution >= 0.6 is 11.3 Å². The van der Waals surface area contributed by atoms with E-state index in [1.807, 2.05) is 0 Å². The fraction of sp³-hybridized carbons (Fsp3) is 0.611. The molecule has 8 nitrogen and oxygen atoms in total. The molecule has 3 heterocycles. The van der Waals surface area contributed by atoms with Crippen molar-refractivity contribution in [3.8, 4) is 0 Å². The maximum atomic E-state index is 13.8. The van der Waals surface area contributed by atoms with Crippen molar-refractivity contribution < 1.29 is 22.7 Å². The molecule has 0 aromatic carbocycles. The summed E-state index contributed by atoms with van der Waals surface area (Å²) in [5.41, 5.74) is -3.86. The van der Waals surface area contributed by atoms with Crippen molar-refractivity contribution in [1.82, 2.24) is 19.4 Å². The first-order valence-corrected chi connectivity index (χ1v) is 10.3. The zero-order valence-corrected chi connectivity index (χ0v) is 17.3. The number of thiophene rings is 1. The molecule has 2 amide bonds. The predicted molar refractivity (Wildman–Crippen MR) is 104 cm³/mol. The number of nitrogens with zero attached hydrogens (tertiary/aromatic N) is 3. The molecule has 2 fully saturated rings. The molecule has 2 aromatic heterocycles. The van der Waals surface area contributed by atoms with Gasteiger partial charge < -0.3 is 15.0 Å². The molecule has 0 radical (unpaired) electrons. The third-order valence-corrected chi connectivity index (χ3v) is 7.09. The lowest BCUT2D eigenvalue weighted by Crippen LogP contribution is -2.51.